The van der Waals surface area contributed by atoms with Gasteiger partial charge in [-0.1, -0.05) is 19.3 Å². The topological polar surface area (TPSA) is 26.3 Å². The molecule has 0 fully saturated rings. The molecular weight excluding hydrogens is 152 g/mol. The average Bonchev–Trinajstić information content (AvgIpc) is 2.10. The van der Waals surface area contributed by atoms with Gasteiger partial charge in [-0.05, 0) is 13.3 Å². The van der Waals surface area contributed by atoms with Gasteiger partial charge in [0.05, 0.1) is 7.11 Å². The summed E-state index contributed by atoms with van der Waals surface area (Å²) in [6, 6.07) is 0. The second-order valence-corrected chi connectivity index (χ2v) is 2.67. The van der Waals surface area contributed by atoms with E-state index >= 15 is 0 Å². The van der Waals surface area contributed by atoms with Gasteiger partial charge in [0.1, 0.15) is 5.92 Å². The smallest absolute Gasteiger partial charge is 0.320 e. The zero-order valence-electron chi connectivity index (χ0n) is 8.02. The van der Waals surface area contributed by atoms with Crippen LogP contribution in [0.3, 0.4) is 0 Å². The number of unbranched alkanes of at least 4 members (excludes halogenated alkanes) is 2. The molecule has 12 heavy (non-hydrogen) atoms. The lowest BCUT2D eigenvalue weighted by Gasteiger charge is -1.98. The van der Waals surface area contributed by atoms with Crippen molar-refractivity contribution < 1.29 is 9.53 Å². The Balaban J connectivity index is 3.70. The van der Waals surface area contributed by atoms with Crippen molar-refractivity contribution >= 4 is 5.97 Å². The monoisotopic (exact) mass is 168 g/mol. The van der Waals surface area contributed by atoms with E-state index in [1.807, 2.05) is 0 Å². The molecule has 0 aromatic carbocycles. The molecule has 0 aliphatic rings. The van der Waals surface area contributed by atoms with E-state index in [4.69, 9.17) is 0 Å². The summed E-state index contributed by atoms with van der Waals surface area (Å²) in [5.41, 5.74) is 0. The van der Waals surface area contributed by atoms with Crippen LogP contribution in [0.2, 0.25) is 0 Å². The Kier molecular flexibility index (Phi) is 6.18. The Bertz CT molecular complexity index is 186. The van der Waals surface area contributed by atoms with Crippen LogP contribution < -0.4 is 0 Å². The number of esters is 1. The molecule has 2 heteroatoms. The highest BCUT2D eigenvalue weighted by atomic mass is 16.5. The molecule has 0 aliphatic heterocycles. The van der Waals surface area contributed by atoms with Gasteiger partial charge >= 0.3 is 5.97 Å². The minimum Gasteiger partial charge on any atom is -0.468 e. The lowest BCUT2D eigenvalue weighted by Crippen LogP contribution is -2.10. The van der Waals surface area contributed by atoms with Crippen molar-refractivity contribution in [3.05, 3.63) is 0 Å². The maximum absolute atomic E-state index is 10.9. The quantitative estimate of drug-likeness (QED) is 0.366. The fourth-order valence-corrected chi connectivity index (χ4v) is 0.726. The van der Waals surface area contributed by atoms with Gasteiger partial charge in [-0.3, -0.25) is 4.79 Å². The van der Waals surface area contributed by atoms with Crippen molar-refractivity contribution in [2.75, 3.05) is 7.11 Å². The third-order valence-corrected chi connectivity index (χ3v) is 1.53. The van der Waals surface area contributed by atoms with Crippen LogP contribution in [0.4, 0.5) is 0 Å². The van der Waals surface area contributed by atoms with Gasteiger partial charge in [0.2, 0.25) is 0 Å². The van der Waals surface area contributed by atoms with E-state index in [0.717, 1.165) is 19.3 Å². The molecule has 2 nitrogen and oxygen atoms in total. The molecule has 0 saturated heterocycles. The number of carbonyl (C=O) groups excluding carboxylic acids is 1. The van der Waals surface area contributed by atoms with Crippen LogP contribution in [0.5, 0.6) is 0 Å². The zero-order chi connectivity index (χ0) is 9.40. The minimum absolute atomic E-state index is 0.251. The van der Waals surface area contributed by atoms with Gasteiger partial charge in [0.25, 0.3) is 0 Å². The number of rotatable bonds is 3. The molecule has 0 spiro atoms. The fourth-order valence-electron chi connectivity index (χ4n) is 0.726. The summed E-state index contributed by atoms with van der Waals surface area (Å²) in [7, 11) is 1.38. The van der Waals surface area contributed by atoms with Crippen LogP contribution in [-0.4, -0.2) is 13.1 Å². The van der Waals surface area contributed by atoms with E-state index in [2.05, 4.69) is 23.5 Å². The largest absolute Gasteiger partial charge is 0.468 e. The summed E-state index contributed by atoms with van der Waals surface area (Å²) in [4.78, 5) is 10.9. The highest BCUT2D eigenvalue weighted by molar-refractivity contribution is 5.75. The molecule has 0 rings (SSSR count). The third-order valence-electron chi connectivity index (χ3n) is 1.53. The highest BCUT2D eigenvalue weighted by Crippen LogP contribution is 1.96. The predicted molar refractivity (Wildman–Crippen MR) is 48.5 cm³/mol. The second kappa shape index (κ2) is 6.72. The van der Waals surface area contributed by atoms with Crippen LogP contribution in [0.1, 0.15) is 33.1 Å². The van der Waals surface area contributed by atoms with Crippen LogP contribution >= 0.6 is 0 Å². The van der Waals surface area contributed by atoms with Crippen LogP contribution in [-0.2, 0) is 9.53 Å². The first-order valence-electron chi connectivity index (χ1n) is 4.28. The van der Waals surface area contributed by atoms with E-state index in [1.54, 1.807) is 6.92 Å². The van der Waals surface area contributed by atoms with Crippen LogP contribution in [0.15, 0.2) is 0 Å². The molecular formula is C10H16O2. The first-order valence-corrected chi connectivity index (χ1v) is 4.28. The number of hydrogen-bond donors (Lipinski definition) is 0. The molecule has 1 atom stereocenters. The van der Waals surface area contributed by atoms with E-state index in [-0.39, 0.29) is 11.9 Å². The number of methoxy groups -OCH3 is 1. The van der Waals surface area contributed by atoms with Crippen molar-refractivity contribution in [1.82, 2.24) is 0 Å². The molecule has 0 N–H and O–H groups in total. The lowest BCUT2D eigenvalue weighted by molar-refractivity contribution is -0.142. The maximum atomic E-state index is 10.9. The standard InChI is InChI=1S/C10H16O2/c1-4-5-6-7-8-9(2)10(11)12-3/h9H,4-6H2,1-3H3. The van der Waals surface area contributed by atoms with E-state index in [1.165, 1.54) is 7.11 Å². The summed E-state index contributed by atoms with van der Waals surface area (Å²) in [6.45, 7) is 3.87. The summed E-state index contributed by atoms with van der Waals surface area (Å²) < 4.78 is 4.53. The highest BCUT2D eigenvalue weighted by Gasteiger charge is 2.07. The zero-order valence-corrected chi connectivity index (χ0v) is 8.02. The summed E-state index contributed by atoms with van der Waals surface area (Å²) in [5, 5.41) is 0. The van der Waals surface area contributed by atoms with Crippen molar-refractivity contribution in [3.63, 3.8) is 0 Å². The predicted octanol–water partition coefficient (Wildman–Crippen LogP) is 1.99. The Labute approximate surface area is 74.3 Å². The van der Waals surface area contributed by atoms with E-state index < -0.39 is 0 Å². The van der Waals surface area contributed by atoms with Crippen molar-refractivity contribution in [2.45, 2.75) is 33.1 Å². The van der Waals surface area contributed by atoms with Gasteiger partial charge in [0.15, 0.2) is 0 Å². The molecule has 68 valence electrons. The van der Waals surface area contributed by atoms with Crippen LogP contribution in [0.25, 0.3) is 0 Å². The molecule has 0 aliphatic carbocycles. The Morgan fingerprint density at radius 2 is 2.25 bits per heavy atom. The summed E-state index contributed by atoms with van der Waals surface area (Å²) in [6.07, 6.45) is 3.11. The molecule has 0 saturated carbocycles. The van der Waals surface area contributed by atoms with E-state index in [0.29, 0.717) is 0 Å². The number of carbonyl (C=O) groups is 1. The third kappa shape index (κ3) is 4.79. The van der Waals surface area contributed by atoms with Gasteiger partial charge < -0.3 is 4.74 Å². The molecule has 0 amide bonds. The molecule has 0 heterocycles. The number of hydrogen-bond acceptors (Lipinski definition) is 2. The fraction of sp³-hybridized carbons (Fsp3) is 0.700. The minimum atomic E-state index is -0.285. The molecule has 1 unspecified atom stereocenters. The van der Waals surface area contributed by atoms with Crippen molar-refractivity contribution in [2.24, 2.45) is 5.92 Å². The first kappa shape index (κ1) is 11.0. The van der Waals surface area contributed by atoms with Gasteiger partial charge in [-0.25, -0.2) is 0 Å². The summed E-state index contributed by atoms with van der Waals surface area (Å²) in [5.74, 6) is 5.26. The van der Waals surface area contributed by atoms with Crippen molar-refractivity contribution in [3.8, 4) is 11.8 Å². The van der Waals surface area contributed by atoms with Gasteiger partial charge in [-0.15, -0.1) is 5.92 Å². The van der Waals surface area contributed by atoms with Crippen LogP contribution in [0, 0.1) is 17.8 Å². The first-order chi connectivity index (χ1) is 5.72. The second-order valence-electron chi connectivity index (χ2n) is 2.67. The maximum Gasteiger partial charge on any atom is 0.320 e. The Morgan fingerprint density at radius 3 is 2.75 bits per heavy atom. The van der Waals surface area contributed by atoms with Crippen molar-refractivity contribution in [1.29, 1.82) is 0 Å². The molecule has 0 radical (unpaired) electrons. The Morgan fingerprint density at radius 1 is 1.58 bits per heavy atom. The van der Waals surface area contributed by atoms with Gasteiger partial charge in [-0.2, -0.15) is 0 Å². The van der Waals surface area contributed by atoms with Gasteiger partial charge in [0, 0.05) is 6.42 Å². The number of ether oxygens (including phenoxy) is 1. The SMILES string of the molecule is CCCCC#CC(C)C(=O)OC. The average molecular weight is 168 g/mol. The molecule has 0 aromatic heterocycles. The normalized spacial score (nSPS) is 11.2. The molecule has 0 bridgehead atoms. The summed E-state index contributed by atoms with van der Waals surface area (Å²) >= 11 is 0. The van der Waals surface area contributed by atoms with E-state index in [9.17, 15) is 4.79 Å². The molecule has 0 aromatic rings. The Hall–Kier alpha value is -0.970. The lowest BCUT2D eigenvalue weighted by atomic mass is 10.2.